The zero-order chi connectivity index (χ0) is 16.2. The summed E-state index contributed by atoms with van der Waals surface area (Å²) in [6, 6.07) is 7.77. The fourth-order valence-corrected chi connectivity index (χ4v) is 3.76. The molecule has 0 radical (unpaired) electrons. The van der Waals surface area contributed by atoms with E-state index in [1.54, 1.807) is 11.8 Å². The standard InChI is InChI=1S/C17H20N2O3S/c1-12-15(13(2)22-18-12)11-23-16-6-4-3-5-14(16)17(20)19-7-9-21-10-8-19/h3-6H,7-11H2,1-2H3. The van der Waals surface area contributed by atoms with Crippen LogP contribution in [0.1, 0.15) is 27.4 Å². The van der Waals surface area contributed by atoms with Gasteiger partial charge in [0.1, 0.15) is 5.76 Å². The van der Waals surface area contributed by atoms with Crippen molar-refractivity contribution < 1.29 is 14.1 Å². The average Bonchev–Trinajstić information content (AvgIpc) is 2.92. The molecule has 1 aromatic carbocycles. The van der Waals surface area contributed by atoms with Crippen LogP contribution in [0.3, 0.4) is 0 Å². The molecule has 1 aliphatic rings. The Labute approximate surface area is 140 Å². The molecule has 1 aliphatic heterocycles. The van der Waals surface area contributed by atoms with E-state index >= 15 is 0 Å². The van der Waals surface area contributed by atoms with Crippen molar-refractivity contribution in [2.75, 3.05) is 26.3 Å². The first-order valence-electron chi connectivity index (χ1n) is 7.67. The van der Waals surface area contributed by atoms with E-state index in [-0.39, 0.29) is 5.91 Å². The van der Waals surface area contributed by atoms with Crippen molar-refractivity contribution in [3.8, 4) is 0 Å². The second-order valence-electron chi connectivity index (χ2n) is 5.49. The van der Waals surface area contributed by atoms with Crippen LogP contribution in [0.15, 0.2) is 33.7 Å². The third kappa shape index (κ3) is 3.59. The highest BCUT2D eigenvalue weighted by atomic mass is 32.2. The summed E-state index contributed by atoms with van der Waals surface area (Å²) in [5.41, 5.74) is 2.77. The molecule has 23 heavy (non-hydrogen) atoms. The van der Waals surface area contributed by atoms with E-state index in [9.17, 15) is 4.79 Å². The molecule has 0 atom stereocenters. The molecule has 0 unspecified atom stereocenters. The lowest BCUT2D eigenvalue weighted by Gasteiger charge is -2.27. The van der Waals surface area contributed by atoms with Crippen molar-refractivity contribution in [1.29, 1.82) is 0 Å². The van der Waals surface area contributed by atoms with E-state index in [1.165, 1.54) is 0 Å². The van der Waals surface area contributed by atoms with E-state index in [4.69, 9.17) is 9.26 Å². The van der Waals surface area contributed by atoms with Crippen molar-refractivity contribution in [3.63, 3.8) is 0 Å². The van der Waals surface area contributed by atoms with Gasteiger partial charge in [0.25, 0.3) is 5.91 Å². The number of rotatable bonds is 4. The summed E-state index contributed by atoms with van der Waals surface area (Å²) >= 11 is 1.65. The first kappa shape index (κ1) is 16.1. The van der Waals surface area contributed by atoms with Gasteiger partial charge < -0.3 is 14.2 Å². The van der Waals surface area contributed by atoms with Gasteiger partial charge in [-0.25, -0.2) is 0 Å². The van der Waals surface area contributed by atoms with Crippen LogP contribution in [-0.2, 0) is 10.5 Å². The van der Waals surface area contributed by atoms with E-state index in [1.807, 2.05) is 43.0 Å². The Hall–Kier alpha value is -1.79. The van der Waals surface area contributed by atoms with Gasteiger partial charge in [-0.15, -0.1) is 11.8 Å². The average molecular weight is 332 g/mol. The summed E-state index contributed by atoms with van der Waals surface area (Å²) in [7, 11) is 0. The molecule has 6 heteroatoms. The molecule has 1 fully saturated rings. The SMILES string of the molecule is Cc1noc(C)c1CSc1ccccc1C(=O)N1CCOCC1. The van der Waals surface area contributed by atoms with Gasteiger partial charge in [-0.3, -0.25) is 4.79 Å². The lowest BCUT2D eigenvalue weighted by Crippen LogP contribution is -2.40. The van der Waals surface area contributed by atoms with Gasteiger partial charge in [0.15, 0.2) is 0 Å². The largest absolute Gasteiger partial charge is 0.378 e. The molecule has 0 bridgehead atoms. The number of amides is 1. The Morgan fingerprint density at radius 3 is 2.70 bits per heavy atom. The first-order chi connectivity index (χ1) is 11.2. The maximum Gasteiger partial charge on any atom is 0.255 e. The highest BCUT2D eigenvalue weighted by Gasteiger charge is 2.21. The topological polar surface area (TPSA) is 55.6 Å². The highest BCUT2D eigenvalue weighted by Crippen LogP contribution is 2.29. The normalized spacial score (nSPS) is 15.0. The zero-order valence-corrected chi connectivity index (χ0v) is 14.2. The Morgan fingerprint density at radius 2 is 2.00 bits per heavy atom. The number of carbonyl (C=O) groups is 1. The lowest BCUT2D eigenvalue weighted by molar-refractivity contribution is 0.0300. The van der Waals surface area contributed by atoms with Crippen LogP contribution in [-0.4, -0.2) is 42.3 Å². The molecule has 3 rings (SSSR count). The summed E-state index contributed by atoms with van der Waals surface area (Å²) in [6.07, 6.45) is 0. The number of ether oxygens (including phenoxy) is 1. The summed E-state index contributed by atoms with van der Waals surface area (Å²) in [6.45, 7) is 6.39. The minimum Gasteiger partial charge on any atom is -0.378 e. The lowest BCUT2D eigenvalue weighted by atomic mass is 10.2. The molecular weight excluding hydrogens is 312 g/mol. The molecule has 1 saturated heterocycles. The van der Waals surface area contributed by atoms with Crippen LogP contribution in [0, 0.1) is 13.8 Å². The maximum atomic E-state index is 12.7. The molecule has 5 nitrogen and oxygen atoms in total. The van der Waals surface area contributed by atoms with Gasteiger partial charge in [0.05, 0.1) is 24.5 Å². The Balaban J connectivity index is 1.76. The number of aryl methyl sites for hydroxylation is 2. The number of benzene rings is 1. The Bertz CT molecular complexity index is 673. The molecule has 1 aromatic heterocycles. The summed E-state index contributed by atoms with van der Waals surface area (Å²) < 4.78 is 10.5. The number of hydrogen-bond donors (Lipinski definition) is 0. The zero-order valence-electron chi connectivity index (χ0n) is 13.4. The van der Waals surface area contributed by atoms with Gasteiger partial charge in [0.2, 0.25) is 0 Å². The molecular formula is C17H20N2O3S. The molecule has 2 heterocycles. The van der Waals surface area contributed by atoms with Crippen LogP contribution >= 0.6 is 11.8 Å². The molecule has 122 valence electrons. The number of nitrogens with zero attached hydrogens (tertiary/aromatic N) is 2. The molecule has 0 N–H and O–H groups in total. The number of hydrogen-bond acceptors (Lipinski definition) is 5. The maximum absolute atomic E-state index is 12.7. The van der Waals surface area contributed by atoms with Gasteiger partial charge in [0, 0.05) is 29.3 Å². The van der Waals surface area contributed by atoms with Crippen molar-refractivity contribution in [1.82, 2.24) is 10.1 Å². The van der Waals surface area contributed by atoms with E-state index in [0.717, 1.165) is 33.2 Å². The quantitative estimate of drug-likeness (QED) is 0.806. The third-order valence-corrected chi connectivity index (χ3v) is 5.07. The molecule has 1 amide bonds. The highest BCUT2D eigenvalue weighted by molar-refractivity contribution is 7.98. The van der Waals surface area contributed by atoms with Crippen LogP contribution < -0.4 is 0 Å². The van der Waals surface area contributed by atoms with Crippen molar-refractivity contribution in [3.05, 3.63) is 46.8 Å². The summed E-state index contributed by atoms with van der Waals surface area (Å²) in [4.78, 5) is 15.6. The molecule has 2 aromatic rings. The van der Waals surface area contributed by atoms with Crippen molar-refractivity contribution in [2.24, 2.45) is 0 Å². The first-order valence-corrected chi connectivity index (χ1v) is 8.66. The number of carbonyl (C=O) groups excluding carboxylic acids is 1. The summed E-state index contributed by atoms with van der Waals surface area (Å²) in [5.74, 6) is 1.66. The monoisotopic (exact) mass is 332 g/mol. The molecule has 0 saturated carbocycles. The molecule has 0 spiro atoms. The third-order valence-electron chi connectivity index (χ3n) is 3.97. The van der Waals surface area contributed by atoms with E-state index in [0.29, 0.717) is 26.3 Å². The van der Waals surface area contributed by atoms with Crippen LogP contribution in [0.5, 0.6) is 0 Å². The van der Waals surface area contributed by atoms with Crippen LogP contribution in [0.2, 0.25) is 0 Å². The van der Waals surface area contributed by atoms with Crippen LogP contribution in [0.4, 0.5) is 0 Å². The minimum atomic E-state index is 0.0789. The minimum absolute atomic E-state index is 0.0789. The Kier molecular flexibility index (Phi) is 5.03. The van der Waals surface area contributed by atoms with E-state index in [2.05, 4.69) is 5.16 Å². The summed E-state index contributed by atoms with van der Waals surface area (Å²) in [5, 5.41) is 3.98. The van der Waals surface area contributed by atoms with Crippen molar-refractivity contribution >= 4 is 17.7 Å². The Morgan fingerprint density at radius 1 is 1.26 bits per heavy atom. The van der Waals surface area contributed by atoms with Gasteiger partial charge in [-0.05, 0) is 26.0 Å². The number of morpholine rings is 1. The van der Waals surface area contributed by atoms with E-state index < -0.39 is 0 Å². The smallest absolute Gasteiger partial charge is 0.255 e. The fourth-order valence-electron chi connectivity index (χ4n) is 2.56. The van der Waals surface area contributed by atoms with Gasteiger partial charge >= 0.3 is 0 Å². The van der Waals surface area contributed by atoms with Crippen molar-refractivity contribution in [2.45, 2.75) is 24.5 Å². The molecule has 0 aliphatic carbocycles. The van der Waals surface area contributed by atoms with Gasteiger partial charge in [-0.2, -0.15) is 0 Å². The van der Waals surface area contributed by atoms with Crippen LogP contribution in [0.25, 0.3) is 0 Å². The number of aromatic nitrogens is 1. The predicted molar refractivity (Wildman–Crippen MR) is 88.7 cm³/mol. The fraction of sp³-hybridized carbons (Fsp3) is 0.412. The predicted octanol–water partition coefficient (Wildman–Crippen LogP) is 3.06. The second-order valence-corrected chi connectivity index (χ2v) is 6.51. The van der Waals surface area contributed by atoms with Gasteiger partial charge in [-0.1, -0.05) is 17.3 Å². The number of thioether (sulfide) groups is 1. The second kappa shape index (κ2) is 7.19.